The molecule has 3 N–H and O–H groups in total. The maximum atomic E-state index is 5.72. The molecule has 0 bridgehead atoms. The summed E-state index contributed by atoms with van der Waals surface area (Å²) in [5.41, 5.74) is 8.40. The van der Waals surface area contributed by atoms with Gasteiger partial charge in [0.25, 0.3) is 0 Å². The Bertz CT molecular complexity index is 331. The minimum absolute atomic E-state index is 0.651. The molecule has 0 saturated heterocycles. The maximum absolute atomic E-state index is 5.72. The van der Waals surface area contributed by atoms with E-state index in [4.69, 9.17) is 5.73 Å². The van der Waals surface area contributed by atoms with E-state index in [1.165, 1.54) is 43.4 Å². The predicted octanol–water partition coefficient (Wildman–Crippen LogP) is 2.47. The zero-order valence-corrected chi connectivity index (χ0v) is 10.6. The van der Waals surface area contributed by atoms with Gasteiger partial charge in [-0.1, -0.05) is 37.1 Å². The van der Waals surface area contributed by atoms with E-state index >= 15 is 0 Å². The van der Waals surface area contributed by atoms with Crippen LogP contribution in [0.25, 0.3) is 0 Å². The van der Waals surface area contributed by atoms with Crippen LogP contribution in [-0.4, -0.2) is 13.1 Å². The average Bonchev–Trinajstić information content (AvgIpc) is 3.18. The molecule has 2 nitrogen and oxygen atoms in total. The highest BCUT2D eigenvalue weighted by Gasteiger charge is 2.19. The fraction of sp³-hybridized carbons (Fsp3) is 0.600. The van der Waals surface area contributed by atoms with E-state index in [1.54, 1.807) is 0 Å². The molecular formula is C15H24N2. The Morgan fingerprint density at radius 1 is 1.12 bits per heavy atom. The van der Waals surface area contributed by atoms with E-state index in [2.05, 4.69) is 29.6 Å². The third-order valence-electron chi connectivity index (χ3n) is 3.57. The van der Waals surface area contributed by atoms with Crippen molar-refractivity contribution in [2.75, 3.05) is 13.1 Å². The topological polar surface area (TPSA) is 38.0 Å². The smallest absolute Gasteiger partial charge is 0.0180 e. The third-order valence-corrected chi connectivity index (χ3v) is 3.57. The minimum Gasteiger partial charge on any atom is -0.326 e. The lowest BCUT2D eigenvalue weighted by molar-refractivity contribution is 0.594. The average molecular weight is 232 g/mol. The molecule has 1 fully saturated rings. The van der Waals surface area contributed by atoms with Crippen molar-refractivity contribution < 1.29 is 0 Å². The van der Waals surface area contributed by atoms with Crippen LogP contribution in [0.4, 0.5) is 0 Å². The van der Waals surface area contributed by atoms with Gasteiger partial charge < -0.3 is 11.1 Å². The van der Waals surface area contributed by atoms with E-state index < -0.39 is 0 Å². The van der Waals surface area contributed by atoms with Crippen LogP contribution < -0.4 is 11.1 Å². The molecule has 0 aliphatic heterocycles. The summed E-state index contributed by atoms with van der Waals surface area (Å²) in [6.07, 6.45) is 6.81. The lowest BCUT2D eigenvalue weighted by Crippen LogP contribution is -2.19. The summed E-state index contributed by atoms with van der Waals surface area (Å²) in [6, 6.07) is 8.48. The van der Waals surface area contributed by atoms with Gasteiger partial charge in [0.05, 0.1) is 0 Å². The van der Waals surface area contributed by atoms with Crippen molar-refractivity contribution in [3.8, 4) is 0 Å². The Hall–Kier alpha value is -0.860. The van der Waals surface area contributed by atoms with E-state index in [-0.39, 0.29) is 0 Å². The highest BCUT2D eigenvalue weighted by molar-refractivity contribution is 5.27. The van der Waals surface area contributed by atoms with Crippen molar-refractivity contribution in [2.24, 2.45) is 11.7 Å². The first-order valence-corrected chi connectivity index (χ1v) is 6.87. The number of hydrogen-bond donors (Lipinski definition) is 2. The van der Waals surface area contributed by atoms with Crippen molar-refractivity contribution in [3.63, 3.8) is 0 Å². The Morgan fingerprint density at radius 2 is 1.88 bits per heavy atom. The van der Waals surface area contributed by atoms with Gasteiger partial charge in [0.15, 0.2) is 0 Å². The first kappa shape index (κ1) is 12.6. The van der Waals surface area contributed by atoms with Crippen LogP contribution in [-0.2, 0) is 13.0 Å². The molecule has 1 aliphatic carbocycles. The Labute approximate surface area is 105 Å². The molecule has 0 atom stereocenters. The summed E-state index contributed by atoms with van der Waals surface area (Å²) >= 11 is 0. The molecule has 0 amide bonds. The van der Waals surface area contributed by atoms with Crippen LogP contribution in [0.1, 0.15) is 36.8 Å². The molecule has 1 aliphatic rings. The third kappa shape index (κ3) is 4.49. The summed E-state index contributed by atoms with van der Waals surface area (Å²) in [6.45, 7) is 2.89. The zero-order valence-electron chi connectivity index (χ0n) is 10.6. The van der Waals surface area contributed by atoms with Gasteiger partial charge in [0, 0.05) is 6.54 Å². The van der Waals surface area contributed by atoms with Crippen LogP contribution in [0.15, 0.2) is 24.3 Å². The molecule has 0 unspecified atom stereocenters. The lowest BCUT2D eigenvalue weighted by atomic mass is 10.0. The molecule has 1 aromatic rings. The van der Waals surface area contributed by atoms with E-state index in [9.17, 15) is 0 Å². The second kappa shape index (κ2) is 6.77. The van der Waals surface area contributed by atoms with Gasteiger partial charge in [0.1, 0.15) is 0 Å². The quantitative estimate of drug-likeness (QED) is 0.676. The van der Waals surface area contributed by atoms with Crippen LogP contribution in [0.2, 0.25) is 0 Å². The van der Waals surface area contributed by atoms with Gasteiger partial charge in [-0.2, -0.15) is 0 Å². The highest BCUT2D eigenvalue weighted by atomic mass is 14.8. The van der Waals surface area contributed by atoms with Crippen molar-refractivity contribution in [3.05, 3.63) is 35.4 Å². The minimum atomic E-state index is 0.651. The van der Waals surface area contributed by atoms with Crippen LogP contribution in [0.3, 0.4) is 0 Å². The summed E-state index contributed by atoms with van der Waals surface area (Å²) in [4.78, 5) is 0. The maximum Gasteiger partial charge on any atom is 0.0180 e. The number of nitrogens with one attached hydrogen (secondary N) is 1. The van der Waals surface area contributed by atoms with Crippen LogP contribution >= 0.6 is 0 Å². The molecule has 2 heteroatoms. The monoisotopic (exact) mass is 232 g/mol. The number of rotatable bonds is 8. The molecule has 2 rings (SSSR count). The first-order chi connectivity index (χ1) is 8.40. The van der Waals surface area contributed by atoms with Gasteiger partial charge in [0.2, 0.25) is 0 Å². The molecule has 0 aromatic heterocycles. The Balaban J connectivity index is 1.59. The molecule has 0 spiro atoms. The summed E-state index contributed by atoms with van der Waals surface area (Å²) < 4.78 is 0. The van der Waals surface area contributed by atoms with Gasteiger partial charge >= 0.3 is 0 Å². The summed E-state index contributed by atoms with van der Waals surface area (Å²) in [5.74, 6) is 1.06. The van der Waals surface area contributed by atoms with E-state index in [0.717, 1.165) is 18.9 Å². The molecule has 0 heterocycles. The van der Waals surface area contributed by atoms with Crippen LogP contribution in [0.5, 0.6) is 0 Å². The number of benzene rings is 1. The molecule has 17 heavy (non-hydrogen) atoms. The van der Waals surface area contributed by atoms with Crippen LogP contribution in [0, 0.1) is 5.92 Å². The van der Waals surface area contributed by atoms with Gasteiger partial charge in [-0.3, -0.25) is 0 Å². The second-order valence-corrected chi connectivity index (χ2v) is 5.06. The standard InChI is InChI=1S/C15H24N2/c16-12-15-6-2-1-5-14(15)9-11-17-10-3-4-13-7-8-13/h1-2,5-6,13,17H,3-4,7-12,16H2. The van der Waals surface area contributed by atoms with E-state index in [0.29, 0.717) is 6.54 Å². The normalized spacial score (nSPS) is 15.1. The summed E-state index contributed by atoms with van der Waals surface area (Å²) in [5, 5.41) is 3.53. The molecule has 1 saturated carbocycles. The van der Waals surface area contributed by atoms with Gasteiger partial charge in [-0.25, -0.2) is 0 Å². The van der Waals surface area contributed by atoms with Crippen molar-refractivity contribution >= 4 is 0 Å². The molecule has 0 radical (unpaired) electrons. The number of hydrogen-bond acceptors (Lipinski definition) is 2. The van der Waals surface area contributed by atoms with Crippen molar-refractivity contribution in [1.82, 2.24) is 5.32 Å². The molecular weight excluding hydrogens is 208 g/mol. The molecule has 94 valence electrons. The lowest BCUT2D eigenvalue weighted by Gasteiger charge is -2.08. The second-order valence-electron chi connectivity index (χ2n) is 5.06. The number of nitrogens with two attached hydrogens (primary N) is 1. The largest absolute Gasteiger partial charge is 0.326 e. The Kier molecular flexibility index (Phi) is 5.02. The fourth-order valence-corrected chi connectivity index (χ4v) is 2.27. The molecule has 1 aromatic carbocycles. The van der Waals surface area contributed by atoms with Gasteiger partial charge in [-0.05, 0) is 49.4 Å². The Morgan fingerprint density at radius 3 is 2.59 bits per heavy atom. The van der Waals surface area contributed by atoms with Crippen molar-refractivity contribution in [2.45, 2.75) is 38.6 Å². The zero-order chi connectivity index (χ0) is 11.9. The predicted molar refractivity (Wildman–Crippen MR) is 72.9 cm³/mol. The fourth-order valence-electron chi connectivity index (χ4n) is 2.27. The van der Waals surface area contributed by atoms with Gasteiger partial charge in [-0.15, -0.1) is 0 Å². The van der Waals surface area contributed by atoms with E-state index in [1.807, 2.05) is 0 Å². The highest BCUT2D eigenvalue weighted by Crippen LogP contribution is 2.33. The SMILES string of the molecule is NCc1ccccc1CCNCCCC1CC1. The first-order valence-electron chi connectivity index (χ1n) is 6.87. The summed E-state index contributed by atoms with van der Waals surface area (Å²) in [7, 11) is 0. The van der Waals surface area contributed by atoms with Crippen molar-refractivity contribution in [1.29, 1.82) is 0 Å².